The average molecular weight is 495 g/mol. The minimum absolute atomic E-state index is 0.00499. The fourth-order valence-electron chi connectivity index (χ4n) is 5.87. The number of nitrogens with zero attached hydrogens (tertiary/aromatic N) is 4. The fraction of sp³-hybridized carbons (Fsp3) is 0.519. The highest BCUT2D eigenvalue weighted by Gasteiger charge is 2.44. The number of non-ortho nitro benzene ring substituents is 1. The molecule has 1 amide bonds. The van der Waals surface area contributed by atoms with E-state index in [4.69, 9.17) is 9.47 Å². The van der Waals surface area contributed by atoms with Crippen LogP contribution in [0.5, 0.6) is 5.75 Å². The number of morpholine rings is 1. The molecule has 192 valence electrons. The van der Waals surface area contributed by atoms with E-state index in [9.17, 15) is 14.9 Å². The van der Waals surface area contributed by atoms with E-state index in [1.807, 2.05) is 55.1 Å². The molecular weight excluding hydrogens is 460 g/mol. The molecule has 0 saturated carbocycles. The van der Waals surface area contributed by atoms with Gasteiger partial charge < -0.3 is 19.3 Å². The number of hydrogen-bond donors (Lipinski definition) is 0. The van der Waals surface area contributed by atoms with Crippen molar-refractivity contribution in [2.45, 2.75) is 38.5 Å². The number of hydrogen-bond acceptors (Lipinski definition) is 7. The molecule has 3 aliphatic rings. The number of nitro benzene ring substituents is 1. The Morgan fingerprint density at radius 3 is 2.56 bits per heavy atom. The highest BCUT2D eigenvalue weighted by atomic mass is 16.6. The van der Waals surface area contributed by atoms with Crippen molar-refractivity contribution < 1.29 is 19.2 Å². The minimum atomic E-state index is -0.362. The lowest BCUT2D eigenvalue weighted by Crippen LogP contribution is -2.62. The van der Waals surface area contributed by atoms with Crippen molar-refractivity contribution >= 4 is 17.3 Å². The van der Waals surface area contributed by atoms with Crippen molar-refractivity contribution in [3.05, 3.63) is 64.2 Å². The van der Waals surface area contributed by atoms with Crippen LogP contribution in [0, 0.1) is 16.0 Å². The third kappa shape index (κ3) is 5.17. The zero-order valence-electron chi connectivity index (χ0n) is 20.9. The highest BCUT2D eigenvalue weighted by molar-refractivity contribution is 5.82. The first-order valence-corrected chi connectivity index (χ1v) is 12.8. The van der Waals surface area contributed by atoms with Gasteiger partial charge in [-0.25, -0.2) is 0 Å². The Hall–Kier alpha value is -3.17. The first-order chi connectivity index (χ1) is 17.4. The number of piperazine rings is 1. The van der Waals surface area contributed by atoms with E-state index in [-0.39, 0.29) is 40.7 Å². The lowest BCUT2D eigenvalue weighted by Gasteiger charge is -2.50. The number of para-hydroxylation sites is 1. The molecule has 0 spiro atoms. The molecule has 0 N–H and O–H groups in total. The zero-order chi connectivity index (χ0) is 25.2. The quantitative estimate of drug-likeness (QED) is 0.451. The van der Waals surface area contributed by atoms with Crippen molar-refractivity contribution in [1.82, 2.24) is 9.80 Å². The molecule has 9 heteroatoms. The summed E-state index contributed by atoms with van der Waals surface area (Å²) in [5.74, 6) is 0.703. The molecule has 4 atom stereocenters. The van der Waals surface area contributed by atoms with Crippen molar-refractivity contribution in [3.8, 4) is 5.75 Å². The fourth-order valence-corrected chi connectivity index (χ4v) is 5.87. The van der Waals surface area contributed by atoms with Gasteiger partial charge in [0.1, 0.15) is 12.4 Å². The molecule has 0 aromatic heterocycles. The largest absolute Gasteiger partial charge is 0.492 e. The summed E-state index contributed by atoms with van der Waals surface area (Å²) in [6, 6.07) is 14.9. The molecule has 5 rings (SSSR count). The summed E-state index contributed by atoms with van der Waals surface area (Å²) in [7, 11) is 0. The number of carbonyl (C=O) groups is 1. The smallest absolute Gasteiger partial charge is 0.269 e. The number of nitro groups is 1. The van der Waals surface area contributed by atoms with Gasteiger partial charge in [-0.15, -0.1) is 0 Å². The molecular formula is C27H34N4O5. The maximum atomic E-state index is 13.9. The van der Waals surface area contributed by atoms with Gasteiger partial charge in [0, 0.05) is 57.1 Å². The molecule has 0 aliphatic carbocycles. The van der Waals surface area contributed by atoms with Crippen LogP contribution in [0.1, 0.15) is 19.4 Å². The predicted octanol–water partition coefficient (Wildman–Crippen LogP) is 2.97. The maximum absolute atomic E-state index is 13.9. The van der Waals surface area contributed by atoms with Gasteiger partial charge in [-0.1, -0.05) is 18.2 Å². The van der Waals surface area contributed by atoms with Gasteiger partial charge in [0.05, 0.1) is 29.1 Å². The van der Waals surface area contributed by atoms with E-state index in [2.05, 4.69) is 9.80 Å². The first-order valence-electron chi connectivity index (χ1n) is 12.8. The number of carbonyl (C=O) groups excluding carboxylic acids is 1. The lowest BCUT2D eigenvalue weighted by molar-refractivity contribution is -0.384. The summed E-state index contributed by atoms with van der Waals surface area (Å²) < 4.78 is 11.8. The van der Waals surface area contributed by atoms with Crippen molar-refractivity contribution in [1.29, 1.82) is 0 Å². The van der Waals surface area contributed by atoms with Gasteiger partial charge in [-0.05, 0) is 44.0 Å². The summed E-state index contributed by atoms with van der Waals surface area (Å²) in [6.45, 7) is 8.85. The molecule has 0 bridgehead atoms. The second-order valence-corrected chi connectivity index (χ2v) is 10.1. The van der Waals surface area contributed by atoms with E-state index >= 15 is 0 Å². The van der Waals surface area contributed by atoms with Gasteiger partial charge in [0.2, 0.25) is 5.91 Å². The lowest BCUT2D eigenvalue weighted by atomic mass is 9.82. The summed E-state index contributed by atoms with van der Waals surface area (Å²) in [5, 5.41) is 11.4. The summed E-state index contributed by atoms with van der Waals surface area (Å²) in [4.78, 5) is 31.6. The van der Waals surface area contributed by atoms with E-state index in [0.717, 1.165) is 43.2 Å². The number of amides is 1. The van der Waals surface area contributed by atoms with Crippen LogP contribution in [-0.4, -0.2) is 84.8 Å². The van der Waals surface area contributed by atoms with Crippen LogP contribution in [0.25, 0.3) is 0 Å². The van der Waals surface area contributed by atoms with Crippen LogP contribution in [0.2, 0.25) is 0 Å². The molecule has 0 radical (unpaired) electrons. The van der Waals surface area contributed by atoms with Crippen LogP contribution in [-0.2, 0) is 16.0 Å². The van der Waals surface area contributed by atoms with Crippen LogP contribution < -0.4 is 9.64 Å². The third-order valence-electron chi connectivity index (χ3n) is 7.46. The Bertz CT molecular complexity index is 1090. The summed E-state index contributed by atoms with van der Waals surface area (Å²) in [6.07, 6.45) is 0.485. The maximum Gasteiger partial charge on any atom is 0.269 e. The number of anilines is 1. The third-order valence-corrected chi connectivity index (χ3v) is 7.46. The van der Waals surface area contributed by atoms with Crippen LogP contribution in [0.15, 0.2) is 48.5 Å². The van der Waals surface area contributed by atoms with Crippen LogP contribution in [0.4, 0.5) is 11.4 Å². The zero-order valence-corrected chi connectivity index (χ0v) is 20.9. The monoisotopic (exact) mass is 494 g/mol. The Kier molecular flexibility index (Phi) is 7.11. The molecule has 4 unspecified atom stereocenters. The standard InChI is InChI=1S/C27H34N4O5/c1-19-16-29(17-20(2)36-19)27(32)24-15-21-14-22(31(33)34)8-9-25(21)30-11-10-28(18-26(24)30)12-13-35-23-6-4-3-5-7-23/h3-9,14,19-20,24,26H,10-13,15-18H2,1-2H3. The SMILES string of the molecule is CC1CN(C(=O)C2Cc3cc([N+](=O)[O-])ccc3N3CCN(CCOc4ccccc4)CC23)CC(C)O1. The Morgan fingerprint density at radius 1 is 1.08 bits per heavy atom. The van der Waals surface area contributed by atoms with Crippen molar-refractivity contribution in [2.75, 3.05) is 50.8 Å². The van der Waals surface area contributed by atoms with E-state index in [0.29, 0.717) is 26.1 Å². The number of ether oxygens (including phenoxy) is 2. The van der Waals surface area contributed by atoms with Gasteiger partial charge in [0.15, 0.2) is 0 Å². The topological polar surface area (TPSA) is 88.4 Å². The first kappa shape index (κ1) is 24.5. The molecule has 2 aromatic rings. The number of rotatable bonds is 6. The molecule has 2 saturated heterocycles. The number of fused-ring (bicyclic) bond motifs is 3. The summed E-state index contributed by atoms with van der Waals surface area (Å²) >= 11 is 0. The Balaban J connectivity index is 1.35. The van der Waals surface area contributed by atoms with Gasteiger partial charge in [-0.2, -0.15) is 0 Å². The molecule has 9 nitrogen and oxygen atoms in total. The van der Waals surface area contributed by atoms with Gasteiger partial charge in [0.25, 0.3) is 5.69 Å². The number of benzene rings is 2. The Morgan fingerprint density at radius 2 is 1.83 bits per heavy atom. The van der Waals surface area contributed by atoms with Crippen molar-refractivity contribution in [3.63, 3.8) is 0 Å². The molecule has 36 heavy (non-hydrogen) atoms. The molecule has 3 heterocycles. The van der Waals surface area contributed by atoms with E-state index in [1.165, 1.54) is 0 Å². The summed E-state index contributed by atoms with van der Waals surface area (Å²) in [5.41, 5.74) is 1.97. The predicted molar refractivity (Wildman–Crippen MR) is 136 cm³/mol. The molecule has 2 fully saturated rings. The van der Waals surface area contributed by atoms with Crippen LogP contribution in [0.3, 0.4) is 0 Å². The van der Waals surface area contributed by atoms with Gasteiger partial charge in [-0.3, -0.25) is 19.8 Å². The second-order valence-electron chi connectivity index (χ2n) is 10.1. The Labute approximate surface area is 211 Å². The minimum Gasteiger partial charge on any atom is -0.492 e. The normalized spacial score (nSPS) is 26.2. The molecule has 3 aliphatic heterocycles. The van der Waals surface area contributed by atoms with E-state index < -0.39 is 0 Å². The second kappa shape index (κ2) is 10.4. The molecule has 2 aromatic carbocycles. The average Bonchev–Trinajstić information content (AvgIpc) is 2.87. The van der Waals surface area contributed by atoms with Crippen molar-refractivity contribution in [2.24, 2.45) is 5.92 Å². The highest BCUT2D eigenvalue weighted by Crippen LogP contribution is 2.38. The van der Waals surface area contributed by atoms with E-state index in [1.54, 1.807) is 12.1 Å². The van der Waals surface area contributed by atoms with Gasteiger partial charge >= 0.3 is 0 Å². The van der Waals surface area contributed by atoms with Crippen LogP contribution >= 0.6 is 0 Å².